The molecule has 0 aliphatic heterocycles. The van der Waals surface area contributed by atoms with Gasteiger partial charge in [0, 0.05) is 5.92 Å². The highest BCUT2D eigenvalue weighted by Gasteiger charge is 2.20. The lowest BCUT2D eigenvalue weighted by Gasteiger charge is -2.19. The van der Waals surface area contributed by atoms with Crippen LogP contribution in [0.4, 0.5) is 0 Å². The van der Waals surface area contributed by atoms with Crippen molar-refractivity contribution in [1.29, 1.82) is 0 Å². The molecular weight excluding hydrogens is 234 g/mol. The minimum absolute atomic E-state index is 0.0188. The molecule has 0 aliphatic rings. The molecular formula is C12H17N3O3. The fraction of sp³-hybridized carbons (Fsp3) is 0.750. The van der Waals surface area contributed by atoms with Gasteiger partial charge in [0.1, 0.15) is 0 Å². The molecule has 0 aromatic heterocycles. The fourth-order valence-electron chi connectivity index (χ4n) is 1.74. The maximum Gasteiger partial charge on any atom is 0.235 e. The third-order valence-electron chi connectivity index (χ3n) is 2.68. The van der Waals surface area contributed by atoms with E-state index in [-0.39, 0.29) is 25.0 Å². The molecule has 0 amide bonds. The Kier molecular flexibility index (Phi) is 10.4. The van der Waals surface area contributed by atoms with Crippen molar-refractivity contribution in [2.24, 2.45) is 20.9 Å². The molecule has 6 heteroatoms. The summed E-state index contributed by atoms with van der Waals surface area (Å²) in [6.07, 6.45) is 7.67. The standard InChI is InChI=1S/C12H17N3O3/c1-2-3-4-11(7-14-9-17)12(15-10-18)5-6-13-8-16/h11-12H,2-7H2,1H3. The monoisotopic (exact) mass is 251 g/mol. The molecule has 0 fully saturated rings. The van der Waals surface area contributed by atoms with Crippen molar-refractivity contribution >= 4 is 18.2 Å². The van der Waals surface area contributed by atoms with Gasteiger partial charge in [-0.2, -0.15) is 0 Å². The molecule has 98 valence electrons. The van der Waals surface area contributed by atoms with Gasteiger partial charge in [0.25, 0.3) is 0 Å². The van der Waals surface area contributed by atoms with E-state index in [1.807, 2.05) is 0 Å². The van der Waals surface area contributed by atoms with Gasteiger partial charge >= 0.3 is 0 Å². The zero-order valence-electron chi connectivity index (χ0n) is 10.5. The van der Waals surface area contributed by atoms with E-state index in [1.54, 1.807) is 0 Å². The van der Waals surface area contributed by atoms with Gasteiger partial charge in [0.2, 0.25) is 18.2 Å². The minimum Gasteiger partial charge on any atom is -0.211 e. The smallest absolute Gasteiger partial charge is 0.211 e. The molecule has 0 aromatic rings. The highest BCUT2D eigenvalue weighted by atomic mass is 16.1. The molecule has 0 aliphatic carbocycles. The normalized spacial score (nSPS) is 12.5. The predicted octanol–water partition coefficient (Wildman–Crippen LogP) is 1.56. The molecule has 2 unspecified atom stereocenters. The summed E-state index contributed by atoms with van der Waals surface area (Å²) in [7, 11) is 0. The van der Waals surface area contributed by atoms with Crippen molar-refractivity contribution in [3.05, 3.63) is 0 Å². The summed E-state index contributed by atoms with van der Waals surface area (Å²) in [5.74, 6) is -0.0188. The van der Waals surface area contributed by atoms with Crippen molar-refractivity contribution in [2.45, 2.75) is 38.6 Å². The van der Waals surface area contributed by atoms with Gasteiger partial charge in [-0.15, -0.1) is 0 Å². The number of unbranched alkanes of at least 4 members (excludes halogenated alkanes) is 1. The molecule has 0 rings (SSSR count). The Morgan fingerprint density at radius 3 is 2.28 bits per heavy atom. The van der Waals surface area contributed by atoms with E-state index < -0.39 is 0 Å². The van der Waals surface area contributed by atoms with Gasteiger partial charge in [0.15, 0.2) is 0 Å². The van der Waals surface area contributed by atoms with E-state index in [0.717, 1.165) is 19.3 Å². The lowest BCUT2D eigenvalue weighted by atomic mass is 9.92. The largest absolute Gasteiger partial charge is 0.235 e. The molecule has 0 saturated heterocycles. The average molecular weight is 251 g/mol. The predicted molar refractivity (Wildman–Crippen MR) is 65.5 cm³/mol. The van der Waals surface area contributed by atoms with Crippen molar-refractivity contribution in [3.8, 4) is 0 Å². The topological polar surface area (TPSA) is 88.3 Å². The Labute approximate surface area is 106 Å². The van der Waals surface area contributed by atoms with Gasteiger partial charge in [-0.3, -0.25) is 0 Å². The first-order valence-corrected chi connectivity index (χ1v) is 5.94. The highest BCUT2D eigenvalue weighted by Crippen LogP contribution is 2.19. The lowest BCUT2D eigenvalue weighted by Crippen LogP contribution is -2.22. The molecule has 0 heterocycles. The molecule has 6 nitrogen and oxygen atoms in total. The molecule has 18 heavy (non-hydrogen) atoms. The quantitative estimate of drug-likeness (QED) is 0.436. The third kappa shape index (κ3) is 7.42. The van der Waals surface area contributed by atoms with Gasteiger partial charge in [-0.1, -0.05) is 19.8 Å². The van der Waals surface area contributed by atoms with Crippen molar-refractivity contribution in [3.63, 3.8) is 0 Å². The van der Waals surface area contributed by atoms with Crippen LogP contribution in [0.5, 0.6) is 0 Å². The molecule has 0 aromatic carbocycles. The second kappa shape index (κ2) is 11.6. The van der Waals surface area contributed by atoms with E-state index in [9.17, 15) is 14.4 Å². The first-order valence-electron chi connectivity index (χ1n) is 5.94. The zero-order valence-corrected chi connectivity index (χ0v) is 10.5. The Hall–Kier alpha value is -1.86. The fourth-order valence-corrected chi connectivity index (χ4v) is 1.74. The van der Waals surface area contributed by atoms with E-state index in [1.165, 1.54) is 18.2 Å². The number of carbonyl (C=O) groups excluding carboxylic acids is 3. The summed E-state index contributed by atoms with van der Waals surface area (Å²) in [6, 6.07) is -0.316. The van der Waals surface area contributed by atoms with E-state index in [4.69, 9.17) is 0 Å². The molecule has 0 N–H and O–H groups in total. The van der Waals surface area contributed by atoms with Crippen molar-refractivity contribution < 1.29 is 14.4 Å². The van der Waals surface area contributed by atoms with Gasteiger partial charge < -0.3 is 0 Å². The zero-order chi connectivity index (χ0) is 13.6. The average Bonchev–Trinajstić information content (AvgIpc) is 2.38. The number of isocyanates is 3. The lowest BCUT2D eigenvalue weighted by molar-refractivity contribution is 0.377. The van der Waals surface area contributed by atoms with Gasteiger partial charge in [-0.25, -0.2) is 29.4 Å². The van der Waals surface area contributed by atoms with Crippen LogP contribution in [0.2, 0.25) is 0 Å². The van der Waals surface area contributed by atoms with Crippen LogP contribution in [0, 0.1) is 5.92 Å². The number of hydrogen-bond acceptors (Lipinski definition) is 6. The number of rotatable bonds is 10. The maximum atomic E-state index is 10.4. The number of aliphatic imine (C=N–C) groups is 3. The van der Waals surface area contributed by atoms with Crippen molar-refractivity contribution in [2.75, 3.05) is 13.1 Å². The minimum atomic E-state index is -0.316. The molecule has 0 radical (unpaired) electrons. The summed E-state index contributed by atoms with van der Waals surface area (Å²) in [4.78, 5) is 41.2. The summed E-state index contributed by atoms with van der Waals surface area (Å²) in [6.45, 7) is 2.59. The second-order valence-corrected chi connectivity index (χ2v) is 3.88. The van der Waals surface area contributed by atoms with Crippen LogP contribution in [0.1, 0.15) is 32.6 Å². The van der Waals surface area contributed by atoms with Crippen molar-refractivity contribution in [1.82, 2.24) is 0 Å². The van der Waals surface area contributed by atoms with Gasteiger partial charge in [-0.05, 0) is 12.8 Å². The first-order chi connectivity index (χ1) is 8.79. The third-order valence-corrected chi connectivity index (χ3v) is 2.68. The van der Waals surface area contributed by atoms with Crippen LogP contribution in [-0.4, -0.2) is 37.4 Å². The summed E-state index contributed by atoms with van der Waals surface area (Å²) < 4.78 is 0. The summed E-state index contributed by atoms with van der Waals surface area (Å²) in [5, 5.41) is 0. The van der Waals surface area contributed by atoms with Gasteiger partial charge in [0.05, 0.1) is 19.1 Å². The summed E-state index contributed by atoms with van der Waals surface area (Å²) in [5.41, 5.74) is 0. The van der Waals surface area contributed by atoms with E-state index >= 15 is 0 Å². The molecule has 0 bridgehead atoms. The molecule has 2 atom stereocenters. The SMILES string of the molecule is CCCCC(CN=C=O)C(CCN=C=O)N=C=O. The van der Waals surface area contributed by atoms with Crippen LogP contribution in [0.25, 0.3) is 0 Å². The first kappa shape index (κ1) is 16.1. The van der Waals surface area contributed by atoms with Crippen LogP contribution in [-0.2, 0) is 14.4 Å². The van der Waals surface area contributed by atoms with E-state index in [2.05, 4.69) is 21.9 Å². The Morgan fingerprint density at radius 1 is 1.00 bits per heavy atom. The molecule has 0 spiro atoms. The highest BCUT2D eigenvalue weighted by molar-refractivity contribution is 5.34. The number of hydrogen-bond donors (Lipinski definition) is 0. The Bertz CT molecular complexity index is 365. The maximum absolute atomic E-state index is 10.4. The van der Waals surface area contributed by atoms with Crippen LogP contribution in [0.15, 0.2) is 15.0 Å². The van der Waals surface area contributed by atoms with E-state index in [0.29, 0.717) is 6.42 Å². The van der Waals surface area contributed by atoms with Crippen LogP contribution < -0.4 is 0 Å². The number of nitrogens with zero attached hydrogens (tertiary/aromatic N) is 3. The van der Waals surface area contributed by atoms with Crippen LogP contribution in [0.3, 0.4) is 0 Å². The Morgan fingerprint density at radius 2 is 1.72 bits per heavy atom. The van der Waals surface area contributed by atoms with Crippen LogP contribution >= 0.6 is 0 Å². The summed E-state index contributed by atoms with van der Waals surface area (Å²) >= 11 is 0. The second-order valence-electron chi connectivity index (χ2n) is 3.88. The Balaban J connectivity index is 4.64. The molecule has 0 saturated carbocycles.